The second-order valence-electron chi connectivity index (χ2n) is 11.1. The van der Waals surface area contributed by atoms with Crippen molar-refractivity contribution in [3.05, 3.63) is 12.7 Å². The molecule has 0 aliphatic heterocycles. The summed E-state index contributed by atoms with van der Waals surface area (Å²) < 4.78 is 20.4. The summed E-state index contributed by atoms with van der Waals surface area (Å²) in [4.78, 5) is 58.5. The first-order valence-electron chi connectivity index (χ1n) is 13.5. The smallest absolute Gasteiger partial charge is 0.330 e. The van der Waals surface area contributed by atoms with Gasteiger partial charge in [0.1, 0.15) is 13.2 Å². The van der Waals surface area contributed by atoms with Crippen molar-refractivity contribution < 1.29 is 48.0 Å². The zero-order valence-electron chi connectivity index (χ0n) is 22.6. The van der Waals surface area contributed by atoms with Gasteiger partial charge in [0.15, 0.2) is 0 Å². The molecule has 2 aliphatic carbocycles. The third-order valence-corrected chi connectivity index (χ3v) is 7.41. The van der Waals surface area contributed by atoms with Gasteiger partial charge in [0.2, 0.25) is 0 Å². The van der Waals surface area contributed by atoms with E-state index < -0.39 is 29.3 Å². The minimum Gasteiger partial charge on any atom is -0.481 e. The molecule has 0 spiro atoms. The number of carbonyl (C=O) groups excluding carboxylic acids is 4. The highest BCUT2D eigenvalue weighted by Gasteiger charge is 2.34. The first kappa shape index (κ1) is 31.3. The molecule has 0 heterocycles. The molecular formula is C28H42O10. The SMILES string of the molecule is C=CC(=O)OCC(C)(C)COC(=O)CCC(=O)OCCOC(=O)C1CCC(C2CCC(C(=O)O)CC2)CC1. The van der Waals surface area contributed by atoms with Crippen LogP contribution in [0.15, 0.2) is 12.7 Å². The molecule has 0 aromatic carbocycles. The number of carboxylic acids is 1. The maximum atomic E-state index is 12.4. The van der Waals surface area contributed by atoms with E-state index in [1.165, 1.54) is 0 Å². The van der Waals surface area contributed by atoms with Crippen LogP contribution in [0.25, 0.3) is 0 Å². The maximum Gasteiger partial charge on any atom is 0.330 e. The predicted octanol–water partition coefficient (Wildman–Crippen LogP) is 3.85. The number of carboxylic acid groups (broad SMARTS) is 1. The number of esters is 4. The van der Waals surface area contributed by atoms with Gasteiger partial charge in [0, 0.05) is 11.5 Å². The van der Waals surface area contributed by atoms with E-state index in [2.05, 4.69) is 6.58 Å². The van der Waals surface area contributed by atoms with Gasteiger partial charge in [-0.3, -0.25) is 19.2 Å². The van der Waals surface area contributed by atoms with Crippen molar-refractivity contribution in [1.29, 1.82) is 0 Å². The number of carbonyl (C=O) groups is 5. The molecule has 0 bridgehead atoms. The highest BCUT2D eigenvalue weighted by atomic mass is 16.6. The van der Waals surface area contributed by atoms with Crippen molar-refractivity contribution in [1.82, 2.24) is 0 Å². The fraction of sp³-hybridized carbons (Fsp3) is 0.750. The molecule has 2 aliphatic rings. The van der Waals surface area contributed by atoms with E-state index in [9.17, 15) is 24.0 Å². The summed E-state index contributed by atoms with van der Waals surface area (Å²) in [6.45, 7) is 6.82. The highest BCUT2D eigenvalue weighted by Crippen LogP contribution is 2.41. The summed E-state index contributed by atoms with van der Waals surface area (Å²) in [6, 6.07) is 0. The number of rotatable bonds is 14. The Morgan fingerprint density at radius 3 is 1.74 bits per heavy atom. The second-order valence-corrected chi connectivity index (χ2v) is 11.1. The van der Waals surface area contributed by atoms with Crippen molar-refractivity contribution in [2.75, 3.05) is 26.4 Å². The van der Waals surface area contributed by atoms with E-state index in [1.807, 2.05) is 0 Å². The van der Waals surface area contributed by atoms with Crippen LogP contribution in [0.5, 0.6) is 0 Å². The van der Waals surface area contributed by atoms with Crippen LogP contribution in [-0.2, 0) is 42.9 Å². The molecular weight excluding hydrogens is 496 g/mol. The van der Waals surface area contributed by atoms with E-state index in [1.54, 1.807) is 13.8 Å². The van der Waals surface area contributed by atoms with Crippen LogP contribution in [0, 0.1) is 29.1 Å². The van der Waals surface area contributed by atoms with Crippen molar-refractivity contribution in [3.63, 3.8) is 0 Å². The number of hydrogen-bond acceptors (Lipinski definition) is 9. The summed E-state index contributed by atoms with van der Waals surface area (Å²) >= 11 is 0. The third kappa shape index (κ3) is 11.2. The molecule has 214 valence electrons. The monoisotopic (exact) mass is 538 g/mol. The van der Waals surface area contributed by atoms with Crippen molar-refractivity contribution >= 4 is 29.8 Å². The van der Waals surface area contributed by atoms with Crippen LogP contribution in [-0.4, -0.2) is 61.4 Å². The first-order valence-corrected chi connectivity index (χ1v) is 13.5. The lowest BCUT2D eigenvalue weighted by Crippen LogP contribution is -2.30. The van der Waals surface area contributed by atoms with Crippen LogP contribution in [0.2, 0.25) is 0 Å². The molecule has 2 saturated carbocycles. The molecule has 0 saturated heterocycles. The summed E-state index contributed by atoms with van der Waals surface area (Å²) in [5.74, 6) is -1.95. The molecule has 2 fully saturated rings. The minimum atomic E-state index is -0.690. The van der Waals surface area contributed by atoms with Gasteiger partial charge >= 0.3 is 29.8 Å². The van der Waals surface area contributed by atoms with E-state index in [4.69, 9.17) is 24.1 Å². The van der Waals surface area contributed by atoms with Gasteiger partial charge in [-0.1, -0.05) is 20.4 Å². The highest BCUT2D eigenvalue weighted by molar-refractivity contribution is 5.81. The van der Waals surface area contributed by atoms with E-state index in [-0.39, 0.29) is 57.1 Å². The van der Waals surface area contributed by atoms with Crippen LogP contribution in [0.1, 0.15) is 78.1 Å². The molecule has 2 rings (SSSR count). The van der Waals surface area contributed by atoms with Gasteiger partial charge in [-0.05, 0) is 63.2 Å². The first-order chi connectivity index (χ1) is 18.0. The molecule has 0 aromatic heterocycles. The van der Waals surface area contributed by atoms with E-state index in [0.717, 1.165) is 57.4 Å². The van der Waals surface area contributed by atoms with Crippen molar-refractivity contribution in [3.8, 4) is 0 Å². The van der Waals surface area contributed by atoms with E-state index in [0.29, 0.717) is 11.8 Å². The Labute approximate surface area is 224 Å². The Kier molecular flexibility index (Phi) is 12.8. The lowest BCUT2D eigenvalue weighted by molar-refractivity contribution is -0.157. The van der Waals surface area contributed by atoms with Gasteiger partial charge in [-0.15, -0.1) is 0 Å². The summed E-state index contributed by atoms with van der Waals surface area (Å²) in [5.41, 5.74) is -0.584. The van der Waals surface area contributed by atoms with Crippen LogP contribution in [0.3, 0.4) is 0 Å². The fourth-order valence-electron chi connectivity index (χ4n) is 5.07. The molecule has 0 amide bonds. The predicted molar refractivity (Wildman–Crippen MR) is 136 cm³/mol. The van der Waals surface area contributed by atoms with E-state index >= 15 is 0 Å². The molecule has 0 aromatic rings. The Morgan fingerprint density at radius 1 is 0.737 bits per heavy atom. The fourth-order valence-corrected chi connectivity index (χ4v) is 5.07. The standard InChI is InChI=1S/C28H42O10/c1-4-23(29)37-17-28(2,3)18-38-25(31)14-13-24(30)35-15-16-36-27(34)22-11-7-20(8-12-22)19-5-9-21(10-6-19)26(32)33/h4,19-22H,1,5-18H2,2-3H3,(H,32,33). The molecule has 0 unspecified atom stereocenters. The van der Waals surface area contributed by atoms with Crippen LogP contribution >= 0.6 is 0 Å². The average molecular weight is 539 g/mol. The van der Waals surface area contributed by atoms with Gasteiger partial charge < -0.3 is 24.1 Å². The largest absolute Gasteiger partial charge is 0.481 e. The Hall–Kier alpha value is -2.91. The molecule has 1 N–H and O–H groups in total. The summed E-state index contributed by atoms with van der Waals surface area (Å²) in [7, 11) is 0. The Bertz CT molecular complexity index is 833. The normalized spacial score (nSPS) is 23.5. The quantitative estimate of drug-likeness (QED) is 0.150. The maximum absolute atomic E-state index is 12.4. The molecule has 0 radical (unpaired) electrons. The Balaban J connectivity index is 1.53. The van der Waals surface area contributed by atoms with Gasteiger partial charge in [-0.25, -0.2) is 4.79 Å². The van der Waals surface area contributed by atoms with Gasteiger partial charge in [-0.2, -0.15) is 0 Å². The van der Waals surface area contributed by atoms with Crippen LogP contribution in [0.4, 0.5) is 0 Å². The van der Waals surface area contributed by atoms with Gasteiger partial charge in [0.25, 0.3) is 0 Å². The molecule has 0 atom stereocenters. The lowest BCUT2D eigenvalue weighted by Gasteiger charge is -2.36. The van der Waals surface area contributed by atoms with Crippen LogP contribution < -0.4 is 0 Å². The number of aliphatic carboxylic acids is 1. The summed E-state index contributed by atoms with van der Waals surface area (Å²) in [6.07, 6.45) is 7.56. The summed E-state index contributed by atoms with van der Waals surface area (Å²) in [5, 5.41) is 9.17. The minimum absolute atomic E-state index is 0.0228. The second kappa shape index (κ2) is 15.5. The zero-order chi connectivity index (χ0) is 28.1. The third-order valence-electron chi connectivity index (χ3n) is 7.41. The van der Waals surface area contributed by atoms with Crippen molar-refractivity contribution in [2.45, 2.75) is 78.1 Å². The Morgan fingerprint density at radius 2 is 1.21 bits per heavy atom. The topological polar surface area (TPSA) is 142 Å². The molecule has 38 heavy (non-hydrogen) atoms. The molecule has 10 heteroatoms. The van der Waals surface area contributed by atoms with Crippen molar-refractivity contribution in [2.24, 2.45) is 29.1 Å². The zero-order valence-corrected chi connectivity index (χ0v) is 22.6. The number of hydrogen-bond donors (Lipinski definition) is 1. The van der Waals surface area contributed by atoms with Gasteiger partial charge in [0.05, 0.1) is 37.9 Å². The lowest BCUT2D eigenvalue weighted by atomic mass is 9.69. The average Bonchev–Trinajstić information content (AvgIpc) is 2.91. The number of ether oxygens (including phenoxy) is 4. The molecule has 10 nitrogen and oxygen atoms in total.